The summed E-state index contributed by atoms with van der Waals surface area (Å²) in [5, 5.41) is 16.6. The Morgan fingerprint density at radius 2 is 1.58 bits per heavy atom. The van der Waals surface area contributed by atoms with Crippen molar-refractivity contribution in [2.45, 2.75) is 19.8 Å². The Labute approximate surface area is 71.5 Å². The molecule has 4 nitrogen and oxygen atoms in total. The Morgan fingerprint density at radius 3 is 1.67 bits per heavy atom. The van der Waals surface area contributed by atoms with Gasteiger partial charge >= 0.3 is 11.9 Å². The normalized spacial score (nSPS) is 8.50. The average molecular weight is 174 g/mol. The third-order valence-corrected chi connectivity index (χ3v) is 1.17. The molecule has 4 heteroatoms. The molecule has 0 amide bonds. The molecule has 0 rings (SSSR count). The highest BCUT2D eigenvalue weighted by Crippen LogP contribution is 2.05. The zero-order valence-electron chi connectivity index (χ0n) is 7.12. The van der Waals surface area contributed by atoms with Gasteiger partial charge in [-0.2, -0.15) is 0 Å². The Hall–Kier alpha value is -1.32. The molecule has 70 valence electrons. The first-order valence-electron chi connectivity index (χ1n) is 3.55. The van der Waals surface area contributed by atoms with Crippen LogP contribution in [0.25, 0.3) is 0 Å². The zero-order valence-corrected chi connectivity index (χ0v) is 7.12. The van der Waals surface area contributed by atoms with Crippen molar-refractivity contribution in [2.75, 3.05) is 0 Å². The molecule has 0 aliphatic rings. The molecule has 0 aliphatic carbocycles. The summed E-state index contributed by atoms with van der Waals surface area (Å²) in [4.78, 5) is 20.3. The van der Waals surface area contributed by atoms with Gasteiger partial charge in [0.25, 0.3) is 0 Å². The van der Waals surface area contributed by atoms with Crippen LogP contribution in [0.3, 0.4) is 0 Å². The lowest BCUT2D eigenvalue weighted by molar-refractivity contribution is -0.154. The molecule has 0 aromatic heterocycles. The summed E-state index contributed by atoms with van der Waals surface area (Å²) in [5.41, 5.74) is 0. The van der Waals surface area contributed by atoms with Gasteiger partial charge in [-0.05, 0) is 6.42 Å². The fraction of sp³-hybridized carbons (Fsp3) is 0.500. The summed E-state index contributed by atoms with van der Waals surface area (Å²) in [5.74, 6) is -3.74. The van der Waals surface area contributed by atoms with Gasteiger partial charge < -0.3 is 10.2 Å². The van der Waals surface area contributed by atoms with Crippen molar-refractivity contribution in [1.82, 2.24) is 0 Å². The molecule has 0 radical (unpaired) electrons. The second-order valence-corrected chi connectivity index (χ2v) is 2.02. The summed E-state index contributed by atoms with van der Waals surface area (Å²) >= 11 is 0. The molecule has 0 aromatic carbocycles. The van der Waals surface area contributed by atoms with E-state index in [4.69, 9.17) is 10.2 Å². The zero-order chi connectivity index (χ0) is 10.1. The van der Waals surface area contributed by atoms with E-state index in [9.17, 15) is 9.59 Å². The summed E-state index contributed by atoms with van der Waals surface area (Å²) in [6.45, 7) is 7.75. The number of carboxylic acid groups (broad SMARTS) is 2. The molecule has 0 aliphatic heterocycles. The van der Waals surface area contributed by atoms with Gasteiger partial charge in [0.2, 0.25) is 0 Å². The molecule has 0 aromatic rings. The van der Waals surface area contributed by atoms with Crippen LogP contribution in [0.4, 0.5) is 0 Å². The van der Waals surface area contributed by atoms with E-state index in [-0.39, 0.29) is 6.42 Å². The number of carboxylic acids is 2. The van der Waals surface area contributed by atoms with Gasteiger partial charge in [-0.15, -0.1) is 13.2 Å². The van der Waals surface area contributed by atoms with Crippen LogP contribution in [0.15, 0.2) is 13.2 Å². The smallest absolute Gasteiger partial charge is 0.317 e. The minimum Gasteiger partial charge on any atom is -0.481 e. The van der Waals surface area contributed by atoms with Gasteiger partial charge in [0.05, 0.1) is 0 Å². The van der Waals surface area contributed by atoms with Gasteiger partial charge in [-0.3, -0.25) is 9.59 Å². The second-order valence-electron chi connectivity index (χ2n) is 2.02. The van der Waals surface area contributed by atoms with Crippen molar-refractivity contribution in [3.8, 4) is 0 Å². The van der Waals surface area contributed by atoms with Crippen LogP contribution in [0.1, 0.15) is 19.8 Å². The second kappa shape index (κ2) is 7.78. The number of hydrogen-bond donors (Lipinski definition) is 2. The van der Waals surface area contributed by atoms with Crippen molar-refractivity contribution in [1.29, 1.82) is 0 Å². The first kappa shape index (κ1) is 13.3. The van der Waals surface area contributed by atoms with Gasteiger partial charge in [0.15, 0.2) is 5.92 Å². The predicted molar refractivity (Wildman–Crippen MR) is 44.9 cm³/mol. The van der Waals surface area contributed by atoms with E-state index < -0.39 is 17.9 Å². The van der Waals surface area contributed by atoms with Gasteiger partial charge in [0.1, 0.15) is 0 Å². The van der Waals surface area contributed by atoms with Gasteiger partial charge in [-0.25, -0.2) is 0 Å². The molecule has 0 bridgehead atoms. The topological polar surface area (TPSA) is 74.6 Å². The molecule has 0 spiro atoms. The lowest BCUT2D eigenvalue weighted by Gasteiger charge is -2.02. The van der Waals surface area contributed by atoms with E-state index in [1.165, 1.54) is 0 Å². The Morgan fingerprint density at radius 1 is 1.25 bits per heavy atom. The van der Waals surface area contributed by atoms with E-state index >= 15 is 0 Å². The highest BCUT2D eigenvalue weighted by Gasteiger charge is 2.23. The van der Waals surface area contributed by atoms with E-state index in [1.54, 1.807) is 6.92 Å². The van der Waals surface area contributed by atoms with Crippen LogP contribution in [-0.2, 0) is 9.59 Å². The van der Waals surface area contributed by atoms with Gasteiger partial charge in [0, 0.05) is 0 Å². The number of rotatable bonds is 4. The third-order valence-electron chi connectivity index (χ3n) is 1.17. The minimum absolute atomic E-state index is 0.199. The lowest BCUT2D eigenvalue weighted by Crippen LogP contribution is -2.22. The summed E-state index contributed by atoms with van der Waals surface area (Å²) in [7, 11) is 0. The van der Waals surface area contributed by atoms with E-state index in [0.717, 1.165) is 0 Å². The van der Waals surface area contributed by atoms with Crippen LogP contribution in [0.5, 0.6) is 0 Å². The first-order chi connectivity index (χ1) is 5.59. The molecule has 0 heterocycles. The number of carbonyl (C=O) groups is 2. The van der Waals surface area contributed by atoms with Crippen LogP contribution >= 0.6 is 0 Å². The molecular formula is C8H14O4. The summed E-state index contributed by atoms with van der Waals surface area (Å²) in [6.07, 6.45) is 0.772. The molecule has 0 atom stereocenters. The number of hydrogen-bond acceptors (Lipinski definition) is 2. The van der Waals surface area contributed by atoms with E-state index in [2.05, 4.69) is 13.2 Å². The van der Waals surface area contributed by atoms with Crippen molar-refractivity contribution < 1.29 is 19.8 Å². The van der Waals surface area contributed by atoms with Crippen LogP contribution in [-0.4, -0.2) is 22.2 Å². The molecular weight excluding hydrogens is 160 g/mol. The number of aliphatic carboxylic acids is 2. The average Bonchev–Trinajstić information content (AvgIpc) is 2.03. The van der Waals surface area contributed by atoms with Crippen LogP contribution < -0.4 is 0 Å². The summed E-state index contributed by atoms with van der Waals surface area (Å²) in [6, 6.07) is 0. The molecule has 0 unspecified atom stereocenters. The maximum atomic E-state index is 10.2. The fourth-order valence-electron chi connectivity index (χ4n) is 0.641. The SMILES string of the molecule is C=C.CCCC(C(=O)O)C(=O)O. The maximum Gasteiger partial charge on any atom is 0.317 e. The maximum absolute atomic E-state index is 10.2. The quantitative estimate of drug-likeness (QED) is 0.498. The Balaban J connectivity index is 0. The molecule has 0 fully saturated rings. The van der Waals surface area contributed by atoms with E-state index in [1.807, 2.05) is 0 Å². The van der Waals surface area contributed by atoms with Crippen molar-refractivity contribution in [3.05, 3.63) is 13.2 Å². The molecule has 2 N–H and O–H groups in total. The van der Waals surface area contributed by atoms with E-state index in [0.29, 0.717) is 6.42 Å². The Bertz CT molecular complexity index is 139. The largest absolute Gasteiger partial charge is 0.481 e. The first-order valence-corrected chi connectivity index (χ1v) is 3.55. The minimum atomic E-state index is -1.26. The van der Waals surface area contributed by atoms with Crippen molar-refractivity contribution >= 4 is 11.9 Å². The highest BCUT2D eigenvalue weighted by molar-refractivity contribution is 5.92. The van der Waals surface area contributed by atoms with Crippen molar-refractivity contribution in [3.63, 3.8) is 0 Å². The highest BCUT2D eigenvalue weighted by atomic mass is 16.4. The third kappa shape index (κ3) is 5.46. The fourth-order valence-corrected chi connectivity index (χ4v) is 0.641. The lowest BCUT2D eigenvalue weighted by atomic mass is 10.1. The van der Waals surface area contributed by atoms with Crippen LogP contribution in [0.2, 0.25) is 0 Å². The van der Waals surface area contributed by atoms with Crippen LogP contribution in [0, 0.1) is 5.92 Å². The molecule has 12 heavy (non-hydrogen) atoms. The predicted octanol–water partition coefficient (Wildman–Crippen LogP) is 1.37. The van der Waals surface area contributed by atoms with Crippen molar-refractivity contribution in [2.24, 2.45) is 5.92 Å². The molecule has 0 saturated heterocycles. The Kier molecular flexibility index (Phi) is 8.62. The van der Waals surface area contributed by atoms with Gasteiger partial charge in [-0.1, -0.05) is 13.3 Å². The standard InChI is InChI=1S/C6H10O4.C2H4/c1-2-3-4(5(7)8)6(9)10;1-2/h4H,2-3H2,1H3,(H,7,8)(H,9,10);1-2H2. The summed E-state index contributed by atoms with van der Waals surface area (Å²) < 4.78 is 0. The molecule has 0 saturated carbocycles. The monoisotopic (exact) mass is 174 g/mol.